The van der Waals surface area contributed by atoms with Gasteiger partial charge in [0.05, 0.1) is 28.5 Å². The van der Waals surface area contributed by atoms with E-state index in [1.807, 2.05) is 51.4 Å². The molecule has 1 fully saturated rings. The van der Waals surface area contributed by atoms with Crippen LogP contribution in [-0.4, -0.2) is 32.4 Å². The number of rotatable bonds is 6. The molecule has 162 valence electrons. The molecule has 1 aliphatic carbocycles. The van der Waals surface area contributed by atoms with Crippen molar-refractivity contribution in [3.05, 3.63) is 57.7 Å². The average Bonchev–Trinajstić information content (AvgIpc) is 3.09. The quantitative estimate of drug-likeness (QED) is 0.614. The summed E-state index contributed by atoms with van der Waals surface area (Å²) in [5.41, 5.74) is 4.06. The minimum absolute atomic E-state index is 0.0951. The number of carbonyl (C=O) groups excluding carboxylic acids is 1. The van der Waals surface area contributed by atoms with Gasteiger partial charge in [-0.25, -0.2) is 15.0 Å². The van der Waals surface area contributed by atoms with Crippen molar-refractivity contribution in [2.75, 3.05) is 6.54 Å². The van der Waals surface area contributed by atoms with Crippen molar-refractivity contribution in [1.82, 2.24) is 25.3 Å². The summed E-state index contributed by atoms with van der Waals surface area (Å²) in [6.45, 7) is 6.65. The van der Waals surface area contributed by atoms with Gasteiger partial charge in [-0.15, -0.1) is 11.3 Å². The molecule has 1 N–H and O–H groups in total. The molecule has 0 aliphatic heterocycles. The molecule has 3 heterocycles. The molecular weight excluding hydrogens is 406 g/mol. The minimum atomic E-state index is 0.0951. The molecule has 6 nitrogen and oxygen atoms in total. The highest BCUT2D eigenvalue weighted by Gasteiger charge is 2.26. The van der Waals surface area contributed by atoms with Gasteiger partial charge in [0.15, 0.2) is 0 Å². The second-order valence-corrected chi connectivity index (χ2v) is 9.66. The SMILES string of the molecule is Cc1ncc(-c2ccccn2)c(C2CCC(CNC(=O)Cc3sc(C)nc3C)CC2)n1. The van der Waals surface area contributed by atoms with Crippen molar-refractivity contribution in [1.29, 1.82) is 0 Å². The number of aromatic nitrogens is 4. The van der Waals surface area contributed by atoms with E-state index >= 15 is 0 Å². The average molecular weight is 436 g/mol. The zero-order valence-corrected chi connectivity index (χ0v) is 19.2. The molecule has 31 heavy (non-hydrogen) atoms. The van der Waals surface area contributed by atoms with Gasteiger partial charge < -0.3 is 5.32 Å². The molecule has 0 saturated heterocycles. The molecule has 7 heteroatoms. The third-order valence-electron chi connectivity index (χ3n) is 6.02. The topological polar surface area (TPSA) is 80.7 Å². The van der Waals surface area contributed by atoms with Crippen molar-refractivity contribution >= 4 is 17.2 Å². The molecule has 0 radical (unpaired) electrons. The number of carbonyl (C=O) groups is 1. The summed E-state index contributed by atoms with van der Waals surface area (Å²) < 4.78 is 0. The highest BCUT2D eigenvalue weighted by molar-refractivity contribution is 7.11. The molecule has 1 saturated carbocycles. The largest absolute Gasteiger partial charge is 0.356 e. The summed E-state index contributed by atoms with van der Waals surface area (Å²) in [7, 11) is 0. The monoisotopic (exact) mass is 435 g/mol. The van der Waals surface area contributed by atoms with Gasteiger partial charge in [0.25, 0.3) is 0 Å². The Balaban J connectivity index is 1.33. The molecule has 3 aromatic rings. The third kappa shape index (κ3) is 5.34. The lowest BCUT2D eigenvalue weighted by molar-refractivity contribution is -0.120. The van der Waals surface area contributed by atoms with E-state index in [0.29, 0.717) is 18.3 Å². The fourth-order valence-corrected chi connectivity index (χ4v) is 5.30. The van der Waals surface area contributed by atoms with Gasteiger partial charge in [-0.3, -0.25) is 9.78 Å². The van der Waals surface area contributed by atoms with Gasteiger partial charge >= 0.3 is 0 Å². The van der Waals surface area contributed by atoms with E-state index in [0.717, 1.165) is 70.6 Å². The summed E-state index contributed by atoms with van der Waals surface area (Å²) in [5.74, 6) is 1.83. The number of hydrogen-bond donors (Lipinski definition) is 1. The maximum atomic E-state index is 12.4. The number of nitrogens with zero attached hydrogens (tertiary/aromatic N) is 4. The Bertz CT molecular complexity index is 1040. The Morgan fingerprint density at radius 1 is 1.10 bits per heavy atom. The van der Waals surface area contributed by atoms with Crippen LogP contribution in [0.1, 0.15) is 58.7 Å². The Morgan fingerprint density at radius 3 is 2.58 bits per heavy atom. The van der Waals surface area contributed by atoms with E-state index in [2.05, 4.69) is 20.3 Å². The first-order valence-electron chi connectivity index (χ1n) is 10.9. The molecule has 1 aliphatic rings. The van der Waals surface area contributed by atoms with Crippen LogP contribution in [0.3, 0.4) is 0 Å². The Morgan fingerprint density at radius 2 is 1.90 bits per heavy atom. The first kappa shape index (κ1) is 21.6. The predicted molar refractivity (Wildman–Crippen MR) is 123 cm³/mol. The van der Waals surface area contributed by atoms with Crippen LogP contribution < -0.4 is 5.32 Å². The van der Waals surface area contributed by atoms with Crippen LogP contribution in [0.25, 0.3) is 11.3 Å². The maximum Gasteiger partial charge on any atom is 0.225 e. The van der Waals surface area contributed by atoms with Gasteiger partial charge in [-0.1, -0.05) is 6.07 Å². The zero-order chi connectivity index (χ0) is 21.8. The zero-order valence-electron chi connectivity index (χ0n) is 18.4. The lowest BCUT2D eigenvalue weighted by atomic mass is 9.79. The van der Waals surface area contributed by atoms with Crippen LogP contribution in [0.5, 0.6) is 0 Å². The molecule has 0 spiro atoms. The van der Waals surface area contributed by atoms with Gasteiger partial charge in [-0.05, 0) is 64.5 Å². The Kier molecular flexibility index (Phi) is 6.70. The lowest BCUT2D eigenvalue weighted by Crippen LogP contribution is -2.32. The molecule has 4 rings (SSSR count). The van der Waals surface area contributed by atoms with Crippen molar-refractivity contribution < 1.29 is 4.79 Å². The summed E-state index contributed by atoms with van der Waals surface area (Å²) in [4.78, 5) is 31.6. The number of amides is 1. The van der Waals surface area contributed by atoms with Crippen LogP contribution in [-0.2, 0) is 11.2 Å². The van der Waals surface area contributed by atoms with Crippen molar-refractivity contribution in [3.63, 3.8) is 0 Å². The third-order valence-corrected chi connectivity index (χ3v) is 7.09. The van der Waals surface area contributed by atoms with E-state index < -0.39 is 0 Å². The molecule has 1 amide bonds. The van der Waals surface area contributed by atoms with Gasteiger partial charge in [0.2, 0.25) is 5.91 Å². The normalized spacial score (nSPS) is 18.7. The molecule has 0 atom stereocenters. The van der Waals surface area contributed by atoms with E-state index in [4.69, 9.17) is 4.98 Å². The van der Waals surface area contributed by atoms with Gasteiger partial charge in [0, 0.05) is 35.3 Å². The summed E-state index contributed by atoms with van der Waals surface area (Å²) in [6, 6.07) is 5.95. The first-order chi connectivity index (χ1) is 15.0. The van der Waals surface area contributed by atoms with Gasteiger partial charge in [-0.2, -0.15) is 0 Å². The Hall–Kier alpha value is -2.67. The number of nitrogens with one attached hydrogen (secondary N) is 1. The van der Waals surface area contributed by atoms with E-state index in [1.54, 1.807) is 11.3 Å². The smallest absolute Gasteiger partial charge is 0.225 e. The van der Waals surface area contributed by atoms with E-state index in [-0.39, 0.29) is 5.91 Å². The summed E-state index contributed by atoms with van der Waals surface area (Å²) in [6.07, 6.45) is 8.49. The standard InChI is InChI=1S/C24H29N5OS/c1-15-22(31-17(3)28-15)12-23(30)27-13-18-7-9-19(10-8-18)24-20(14-26-16(2)29-24)21-6-4-5-11-25-21/h4-6,11,14,18-19H,7-10,12-13H2,1-3H3,(H,27,30). The van der Waals surface area contributed by atoms with Gasteiger partial charge in [0.1, 0.15) is 5.82 Å². The van der Waals surface area contributed by atoms with E-state index in [1.165, 1.54) is 0 Å². The van der Waals surface area contributed by atoms with E-state index in [9.17, 15) is 4.79 Å². The van der Waals surface area contributed by atoms with Crippen LogP contribution in [0, 0.1) is 26.7 Å². The highest BCUT2D eigenvalue weighted by atomic mass is 32.1. The molecule has 0 unspecified atom stereocenters. The predicted octanol–water partition coefficient (Wildman–Crippen LogP) is 4.55. The first-order valence-corrected chi connectivity index (χ1v) is 11.8. The number of aryl methyl sites for hydroxylation is 3. The second-order valence-electron chi connectivity index (χ2n) is 8.37. The molecular formula is C24H29N5OS. The fourth-order valence-electron chi connectivity index (χ4n) is 4.36. The number of hydrogen-bond acceptors (Lipinski definition) is 6. The molecule has 0 aromatic carbocycles. The fraction of sp³-hybridized carbons (Fsp3) is 0.458. The lowest BCUT2D eigenvalue weighted by Gasteiger charge is -2.29. The number of thiazole rings is 1. The van der Waals surface area contributed by atoms with Crippen LogP contribution in [0.2, 0.25) is 0 Å². The van der Waals surface area contributed by atoms with Crippen molar-refractivity contribution in [2.24, 2.45) is 5.92 Å². The second kappa shape index (κ2) is 9.64. The maximum absolute atomic E-state index is 12.4. The minimum Gasteiger partial charge on any atom is -0.356 e. The summed E-state index contributed by atoms with van der Waals surface area (Å²) in [5, 5.41) is 4.16. The Labute approximate surface area is 187 Å². The molecule has 0 bridgehead atoms. The van der Waals surface area contributed by atoms with Crippen molar-refractivity contribution in [3.8, 4) is 11.3 Å². The van der Waals surface area contributed by atoms with Crippen LogP contribution in [0.4, 0.5) is 0 Å². The molecule has 3 aromatic heterocycles. The van der Waals surface area contributed by atoms with Crippen LogP contribution >= 0.6 is 11.3 Å². The summed E-state index contributed by atoms with van der Waals surface area (Å²) >= 11 is 1.61. The number of pyridine rings is 1. The van der Waals surface area contributed by atoms with Crippen LogP contribution in [0.15, 0.2) is 30.6 Å². The highest BCUT2D eigenvalue weighted by Crippen LogP contribution is 2.38. The van der Waals surface area contributed by atoms with Crippen molar-refractivity contribution in [2.45, 2.75) is 58.8 Å².